The summed E-state index contributed by atoms with van der Waals surface area (Å²) in [6.07, 6.45) is 0. The van der Waals surface area contributed by atoms with Crippen molar-refractivity contribution in [2.75, 3.05) is 5.32 Å². The fourth-order valence-electron chi connectivity index (χ4n) is 10.6. The Hall–Kier alpha value is -6.98. The van der Waals surface area contributed by atoms with Gasteiger partial charge in [-0.1, -0.05) is 131 Å². The monoisotopic (exact) mass is 771 g/mol. The van der Waals surface area contributed by atoms with Crippen molar-refractivity contribution in [3.05, 3.63) is 162 Å². The van der Waals surface area contributed by atoms with Gasteiger partial charge in [0.25, 0.3) is 0 Å². The third-order valence-corrected chi connectivity index (χ3v) is 13.6. The lowest BCUT2D eigenvalue weighted by Gasteiger charge is -2.27. The zero-order valence-electron chi connectivity index (χ0n) is 34.2. The molecule has 1 aliphatic heterocycles. The predicted molar refractivity (Wildman–Crippen MR) is 252 cm³/mol. The highest BCUT2D eigenvalue weighted by Gasteiger charge is 2.38. The first-order valence-corrected chi connectivity index (χ1v) is 21.0. The van der Waals surface area contributed by atoms with Gasteiger partial charge >= 0.3 is 0 Å². The largest absolute Gasteiger partial charge is 0.456 e. The lowest BCUT2D eigenvalue weighted by atomic mass is 9.58. The Balaban J connectivity index is 1.12. The molecule has 2 aliphatic rings. The van der Waals surface area contributed by atoms with Crippen LogP contribution in [-0.4, -0.2) is 11.8 Å². The van der Waals surface area contributed by atoms with E-state index in [2.05, 4.69) is 191 Å². The number of rotatable bonds is 3. The van der Waals surface area contributed by atoms with Gasteiger partial charge in [-0.05, 0) is 98.9 Å². The van der Waals surface area contributed by atoms with Gasteiger partial charge in [-0.2, -0.15) is 0 Å². The van der Waals surface area contributed by atoms with E-state index in [1.165, 1.54) is 55.3 Å². The van der Waals surface area contributed by atoms with Gasteiger partial charge in [-0.15, -0.1) is 0 Å². The number of para-hydroxylation sites is 2. The maximum atomic E-state index is 6.79. The van der Waals surface area contributed by atoms with Crippen molar-refractivity contribution in [2.24, 2.45) is 0 Å². The number of nitrogens with one attached hydrogen (secondary N) is 1. The van der Waals surface area contributed by atoms with E-state index in [1.807, 2.05) is 6.07 Å². The topological polar surface area (TPSA) is 43.2 Å². The quantitative estimate of drug-likeness (QED) is 0.182. The molecule has 5 heteroatoms. The molecule has 3 aromatic heterocycles. The van der Waals surface area contributed by atoms with Gasteiger partial charge < -0.3 is 18.7 Å². The second-order valence-electron chi connectivity index (χ2n) is 18.4. The minimum atomic E-state index is -0.134. The van der Waals surface area contributed by atoms with Crippen molar-refractivity contribution in [2.45, 2.75) is 45.4 Å². The lowest BCUT2D eigenvalue weighted by Crippen LogP contribution is -2.37. The highest BCUT2D eigenvalue weighted by Crippen LogP contribution is 2.50. The van der Waals surface area contributed by atoms with Gasteiger partial charge in [-0.25, -0.2) is 0 Å². The molecule has 4 nitrogen and oxygen atoms in total. The molecule has 4 heterocycles. The first-order valence-electron chi connectivity index (χ1n) is 21.0. The third-order valence-electron chi connectivity index (χ3n) is 13.6. The van der Waals surface area contributed by atoms with Crippen LogP contribution in [0.1, 0.15) is 51.3 Å². The van der Waals surface area contributed by atoms with Crippen LogP contribution >= 0.6 is 0 Å². The summed E-state index contributed by atoms with van der Waals surface area (Å²) in [6.45, 7) is 11.5. The molecule has 1 N–H and O–H groups in total. The minimum absolute atomic E-state index is 0.0624. The number of hydrogen-bond acceptors (Lipinski definition) is 3. The average molecular weight is 772 g/mol. The number of nitrogens with zero attached hydrogens (tertiary/aromatic N) is 1. The summed E-state index contributed by atoms with van der Waals surface area (Å²) in [5.41, 5.74) is 20.3. The van der Waals surface area contributed by atoms with Crippen molar-refractivity contribution < 1.29 is 8.83 Å². The average Bonchev–Trinajstić information content (AvgIpc) is 3.97. The van der Waals surface area contributed by atoms with Crippen LogP contribution in [0.15, 0.2) is 154 Å². The third kappa shape index (κ3) is 4.52. The van der Waals surface area contributed by atoms with Crippen LogP contribution < -0.4 is 16.2 Å². The van der Waals surface area contributed by atoms with Gasteiger partial charge in [0.2, 0.25) is 0 Å². The fourth-order valence-corrected chi connectivity index (χ4v) is 10.6. The van der Waals surface area contributed by atoms with Crippen molar-refractivity contribution in [3.63, 3.8) is 0 Å². The van der Waals surface area contributed by atoms with Crippen molar-refractivity contribution in [1.29, 1.82) is 0 Å². The second kappa shape index (κ2) is 11.6. The van der Waals surface area contributed by atoms with Crippen LogP contribution in [0.25, 0.3) is 93.6 Å². The smallest absolute Gasteiger partial charge is 0.197 e. The van der Waals surface area contributed by atoms with Crippen molar-refractivity contribution >= 4 is 95.3 Å². The van der Waals surface area contributed by atoms with Gasteiger partial charge in [-0.3, -0.25) is 0 Å². The Morgan fingerprint density at radius 3 is 2.08 bits per heavy atom. The maximum Gasteiger partial charge on any atom is 0.197 e. The summed E-state index contributed by atoms with van der Waals surface area (Å²) in [6, 6.07) is 53.1. The maximum absolute atomic E-state index is 6.79. The summed E-state index contributed by atoms with van der Waals surface area (Å²) < 4.78 is 15.9. The minimum Gasteiger partial charge on any atom is -0.456 e. The Kier molecular flexibility index (Phi) is 6.57. The molecule has 60 heavy (non-hydrogen) atoms. The Labute approximate surface area is 348 Å². The number of fused-ring (bicyclic) bond motifs is 15. The first-order chi connectivity index (χ1) is 29.1. The van der Waals surface area contributed by atoms with Crippen LogP contribution in [0.4, 0.5) is 11.4 Å². The highest BCUT2D eigenvalue weighted by atomic mass is 16.3. The summed E-state index contributed by atoms with van der Waals surface area (Å²) in [5, 5.41) is 10.7. The molecule has 11 aromatic rings. The molecule has 0 spiro atoms. The number of benzene rings is 8. The summed E-state index contributed by atoms with van der Waals surface area (Å²) >= 11 is 0. The Morgan fingerprint density at radius 2 is 1.28 bits per heavy atom. The van der Waals surface area contributed by atoms with E-state index in [0.717, 1.165) is 77.3 Å². The summed E-state index contributed by atoms with van der Waals surface area (Å²) in [7, 11) is 2.43. The van der Waals surface area contributed by atoms with Crippen LogP contribution in [0.2, 0.25) is 0 Å². The molecule has 1 radical (unpaired) electrons. The zero-order chi connectivity index (χ0) is 40.2. The van der Waals surface area contributed by atoms with Gasteiger partial charge in [0, 0.05) is 60.5 Å². The summed E-state index contributed by atoms with van der Waals surface area (Å²) in [4.78, 5) is 0. The van der Waals surface area contributed by atoms with E-state index in [9.17, 15) is 0 Å². The number of aromatic nitrogens is 1. The van der Waals surface area contributed by atoms with Gasteiger partial charge in [0.15, 0.2) is 7.28 Å². The standard InChI is InChI=1S/C55H40BN2O2/c1-54(2,3)30-18-20-31(21-19-30)57-44-27-40-34-14-8-10-16-47(34)59-49(40)28-39(44)35-22-23-37-50-45(25-24-36-33-13-7-11-17-48(33)60-53(36)50)58-46-29-42-38(26-43(46)56-51(35)52(37)58)32-12-6-9-15-41(32)55(42,4)5/h6-29,57H,1-5H3. The summed E-state index contributed by atoms with van der Waals surface area (Å²) in [5.74, 6) is 0. The van der Waals surface area contributed by atoms with Gasteiger partial charge in [0.1, 0.15) is 22.3 Å². The molecule has 0 saturated carbocycles. The van der Waals surface area contributed by atoms with E-state index >= 15 is 0 Å². The molecule has 8 aromatic carbocycles. The molecule has 0 atom stereocenters. The van der Waals surface area contributed by atoms with E-state index in [4.69, 9.17) is 8.83 Å². The van der Waals surface area contributed by atoms with E-state index in [0.29, 0.717) is 0 Å². The molecule has 1 aliphatic carbocycles. The SMILES string of the molecule is CC(C)(C)c1ccc(Nc2cc3c(cc2-c2ccc4c5c6oc7ccccc7c6ccc5n5c4c2[B]c2cc4c(cc2-5)C(C)(C)c2ccccc2-4)oc2ccccc23)cc1. The van der Waals surface area contributed by atoms with Crippen LogP contribution in [0, 0.1) is 0 Å². The molecule has 0 fully saturated rings. The fraction of sp³-hybridized carbons (Fsp3) is 0.127. The number of anilines is 2. The first kappa shape index (κ1) is 33.9. The highest BCUT2D eigenvalue weighted by molar-refractivity contribution is 6.73. The molecular weight excluding hydrogens is 731 g/mol. The molecule has 285 valence electrons. The van der Waals surface area contributed by atoms with Crippen LogP contribution in [-0.2, 0) is 10.8 Å². The van der Waals surface area contributed by atoms with E-state index < -0.39 is 0 Å². The number of hydrogen-bond donors (Lipinski definition) is 1. The van der Waals surface area contributed by atoms with Crippen LogP contribution in [0.3, 0.4) is 0 Å². The molecule has 0 bridgehead atoms. The Bertz CT molecular complexity index is 3670. The predicted octanol–water partition coefficient (Wildman–Crippen LogP) is 13.6. The Morgan fingerprint density at radius 1 is 0.567 bits per heavy atom. The normalized spacial score (nSPS) is 14.0. The molecular formula is C55H40BN2O2. The van der Waals surface area contributed by atoms with Crippen molar-refractivity contribution in [1.82, 2.24) is 4.57 Å². The molecule has 0 amide bonds. The van der Waals surface area contributed by atoms with E-state index in [1.54, 1.807) is 0 Å². The molecule has 0 unspecified atom stereocenters. The zero-order valence-corrected chi connectivity index (χ0v) is 34.2. The van der Waals surface area contributed by atoms with E-state index in [-0.39, 0.29) is 10.8 Å². The number of furan rings is 2. The molecule has 0 saturated heterocycles. The van der Waals surface area contributed by atoms with Crippen molar-refractivity contribution in [3.8, 4) is 27.9 Å². The molecule has 13 rings (SSSR count). The van der Waals surface area contributed by atoms with Crippen LogP contribution in [0.5, 0.6) is 0 Å². The second-order valence-corrected chi connectivity index (χ2v) is 18.4. The lowest BCUT2D eigenvalue weighted by molar-refractivity contribution is 0.590. The van der Waals surface area contributed by atoms with Gasteiger partial charge in [0.05, 0.1) is 10.9 Å².